The maximum atomic E-state index is 12.7. The highest BCUT2D eigenvalue weighted by Crippen LogP contribution is 2.32. The van der Waals surface area contributed by atoms with Crippen LogP contribution in [-0.4, -0.2) is 45.6 Å². The van der Waals surface area contributed by atoms with Crippen molar-refractivity contribution in [3.05, 3.63) is 64.7 Å². The number of hydrogen-bond donors (Lipinski definition) is 1. The molecule has 0 saturated carbocycles. The van der Waals surface area contributed by atoms with Crippen molar-refractivity contribution in [1.82, 2.24) is 9.88 Å². The molecule has 1 N–H and O–H groups in total. The molecule has 0 atom stereocenters. The molecule has 1 saturated heterocycles. The predicted molar refractivity (Wildman–Crippen MR) is 129 cm³/mol. The lowest BCUT2D eigenvalue weighted by atomic mass is 10.1. The van der Waals surface area contributed by atoms with Gasteiger partial charge < -0.3 is 10.1 Å². The van der Waals surface area contributed by atoms with Gasteiger partial charge in [0.15, 0.2) is 0 Å². The SMILES string of the molecule is COC(=O)c1ccc(C=C2SC(=S)N(CCCCCC(=O)Nc3ccccn3)C2=O)cc1. The van der Waals surface area contributed by atoms with Crippen LogP contribution in [0.15, 0.2) is 53.6 Å². The van der Waals surface area contributed by atoms with Crippen LogP contribution < -0.4 is 5.32 Å². The fourth-order valence-electron chi connectivity index (χ4n) is 3.05. The van der Waals surface area contributed by atoms with Crippen molar-refractivity contribution >= 4 is 58.0 Å². The summed E-state index contributed by atoms with van der Waals surface area (Å²) >= 11 is 6.64. The molecule has 1 aromatic carbocycles. The Hall–Kier alpha value is -3.04. The first-order valence-electron chi connectivity index (χ1n) is 10.1. The zero-order chi connectivity index (χ0) is 22.9. The molecule has 0 radical (unpaired) electrons. The number of nitrogens with one attached hydrogen (secondary N) is 1. The number of nitrogens with zero attached hydrogens (tertiary/aromatic N) is 2. The van der Waals surface area contributed by atoms with Gasteiger partial charge in [-0.05, 0) is 48.7 Å². The first-order valence-corrected chi connectivity index (χ1v) is 11.3. The summed E-state index contributed by atoms with van der Waals surface area (Å²) in [5.41, 5.74) is 1.25. The molecule has 7 nitrogen and oxygen atoms in total. The van der Waals surface area contributed by atoms with Crippen molar-refractivity contribution in [3.8, 4) is 0 Å². The Kier molecular flexibility index (Phi) is 8.52. The topological polar surface area (TPSA) is 88.6 Å². The van der Waals surface area contributed by atoms with Gasteiger partial charge in [0, 0.05) is 19.2 Å². The van der Waals surface area contributed by atoms with Crippen LogP contribution in [0.4, 0.5) is 5.82 Å². The summed E-state index contributed by atoms with van der Waals surface area (Å²) in [6, 6.07) is 12.2. The van der Waals surface area contributed by atoms with Crippen LogP contribution in [0, 0.1) is 0 Å². The van der Waals surface area contributed by atoms with Crippen molar-refractivity contribution in [1.29, 1.82) is 0 Å². The monoisotopic (exact) mass is 469 g/mol. The summed E-state index contributed by atoms with van der Waals surface area (Å²) in [7, 11) is 1.33. The number of pyridine rings is 1. The molecule has 166 valence electrons. The van der Waals surface area contributed by atoms with Crippen LogP contribution in [0.25, 0.3) is 6.08 Å². The Bertz CT molecular complexity index is 1020. The number of benzene rings is 1. The van der Waals surface area contributed by atoms with E-state index in [1.54, 1.807) is 53.6 Å². The van der Waals surface area contributed by atoms with Gasteiger partial charge in [-0.2, -0.15) is 0 Å². The number of ether oxygens (including phenoxy) is 1. The summed E-state index contributed by atoms with van der Waals surface area (Å²) in [5.74, 6) is -0.0562. The van der Waals surface area contributed by atoms with E-state index in [0.717, 1.165) is 24.8 Å². The standard InChI is InChI=1S/C23H23N3O4S2/c1-30-22(29)17-11-9-16(10-12-17)15-18-21(28)26(23(31)32-18)14-6-2-3-8-20(27)25-19-7-4-5-13-24-19/h4-5,7,9-13,15H,2-3,6,8,14H2,1H3,(H,24,25,27). The Morgan fingerprint density at radius 3 is 2.62 bits per heavy atom. The molecule has 9 heteroatoms. The first kappa shape index (κ1) is 23.6. The van der Waals surface area contributed by atoms with Crippen LogP contribution in [0.5, 0.6) is 0 Å². The van der Waals surface area contributed by atoms with Gasteiger partial charge in [-0.15, -0.1) is 0 Å². The molecular formula is C23H23N3O4S2. The van der Waals surface area contributed by atoms with E-state index in [9.17, 15) is 14.4 Å². The molecule has 2 heterocycles. The summed E-state index contributed by atoms with van der Waals surface area (Å²) in [5, 5.41) is 2.76. The molecule has 2 aromatic rings. The highest BCUT2D eigenvalue weighted by atomic mass is 32.2. The number of rotatable bonds is 9. The number of carbonyl (C=O) groups excluding carboxylic acids is 3. The second-order valence-corrected chi connectivity index (χ2v) is 8.70. The Balaban J connectivity index is 1.44. The number of thioether (sulfide) groups is 1. The lowest BCUT2D eigenvalue weighted by molar-refractivity contribution is -0.122. The molecule has 2 amide bonds. The average Bonchev–Trinajstić information content (AvgIpc) is 3.06. The molecule has 0 spiro atoms. The van der Waals surface area contributed by atoms with E-state index in [0.29, 0.717) is 33.6 Å². The second kappa shape index (κ2) is 11.5. The van der Waals surface area contributed by atoms with E-state index in [4.69, 9.17) is 12.2 Å². The van der Waals surface area contributed by atoms with E-state index in [1.807, 2.05) is 6.07 Å². The number of amides is 2. The van der Waals surface area contributed by atoms with Crippen molar-refractivity contribution in [2.24, 2.45) is 0 Å². The van der Waals surface area contributed by atoms with E-state index >= 15 is 0 Å². The van der Waals surface area contributed by atoms with Crippen LogP contribution in [0.2, 0.25) is 0 Å². The molecule has 32 heavy (non-hydrogen) atoms. The van der Waals surface area contributed by atoms with E-state index < -0.39 is 5.97 Å². The molecule has 0 bridgehead atoms. The molecule has 1 aliphatic rings. The zero-order valence-corrected chi connectivity index (χ0v) is 19.2. The molecule has 0 unspecified atom stereocenters. The Labute approximate surface area is 196 Å². The first-order chi connectivity index (χ1) is 15.5. The second-order valence-electron chi connectivity index (χ2n) is 7.02. The summed E-state index contributed by atoms with van der Waals surface area (Å²) in [6.07, 6.45) is 6.07. The van der Waals surface area contributed by atoms with Crippen molar-refractivity contribution in [2.75, 3.05) is 19.0 Å². The third-order valence-corrected chi connectivity index (χ3v) is 6.10. The Morgan fingerprint density at radius 2 is 1.94 bits per heavy atom. The normalized spacial score (nSPS) is 14.7. The maximum Gasteiger partial charge on any atom is 0.337 e. The maximum absolute atomic E-state index is 12.7. The van der Waals surface area contributed by atoms with E-state index in [1.165, 1.54) is 18.9 Å². The van der Waals surface area contributed by atoms with Crippen molar-refractivity contribution in [3.63, 3.8) is 0 Å². The van der Waals surface area contributed by atoms with Crippen LogP contribution in [0.3, 0.4) is 0 Å². The lowest BCUT2D eigenvalue weighted by Gasteiger charge is -2.14. The largest absolute Gasteiger partial charge is 0.465 e. The lowest BCUT2D eigenvalue weighted by Crippen LogP contribution is -2.29. The Morgan fingerprint density at radius 1 is 1.16 bits per heavy atom. The summed E-state index contributed by atoms with van der Waals surface area (Å²) < 4.78 is 5.22. The minimum atomic E-state index is -0.405. The molecule has 3 rings (SSSR count). The fraction of sp³-hybridized carbons (Fsp3) is 0.261. The number of unbranched alkanes of at least 4 members (excludes halogenated alkanes) is 2. The zero-order valence-electron chi connectivity index (χ0n) is 17.6. The number of thiocarbonyl (C=S) groups is 1. The molecule has 1 aromatic heterocycles. The minimum Gasteiger partial charge on any atom is -0.465 e. The van der Waals surface area contributed by atoms with E-state index in [2.05, 4.69) is 15.0 Å². The number of esters is 1. The third kappa shape index (κ3) is 6.48. The number of anilines is 1. The van der Waals surface area contributed by atoms with Crippen molar-refractivity contribution < 1.29 is 19.1 Å². The predicted octanol–water partition coefficient (Wildman–Crippen LogP) is 4.27. The van der Waals surface area contributed by atoms with Crippen molar-refractivity contribution in [2.45, 2.75) is 25.7 Å². The molecule has 1 aliphatic heterocycles. The number of aromatic nitrogens is 1. The number of carbonyl (C=O) groups is 3. The van der Waals surface area contributed by atoms with E-state index in [-0.39, 0.29) is 11.8 Å². The van der Waals surface area contributed by atoms with Gasteiger partial charge in [-0.3, -0.25) is 14.5 Å². The number of methoxy groups -OCH3 is 1. The third-order valence-electron chi connectivity index (χ3n) is 4.72. The highest BCUT2D eigenvalue weighted by molar-refractivity contribution is 8.26. The van der Waals surface area contributed by atoms with Crippen LogP contribution in [-0.2, 0) is 14.3 Å². The van der Waals surface area contributed by atoms with Gasteiger partial charge in [0.1, 0.15) is 10.1 Å². The highest BCUT2D eigenvalue weighted by Gasteiger charge is 2.31. The van der Waals surface area contributed by atoms with Crippen LogP contribution in [0.1, 0.15) is 41.6 Å². The van der Waals surface area contributed by atoms with Gasteiger partial charge in [0.2, 0.25) is 5.91 Å². The molecule has 0 aliphatic carbocycles. The average molecular weight is 470 g/mol. The quantitative estimate of drug-likeness (QED) is 0.254. The molecule has 1 fully saturated rings. The van der Waals surface area contributed by atoms with Crippen LogP contribution >= 0.6 is 24.0 Å². The fourth-order valence-corrected chi connectivity index (χ4v) is 4.36. The van der Waals surface area contributed by atoms with Gasteiger partial charge in [0.25, 0.3) is 5.91 Å². The molecular weight excluding hydrogens is 446 g/mol. The summed E-state index contributed by atoms with van der Waals surface area (Å²) in [6.45, 7) is 0.519. The minimum absolute atomic E-state index is 0.0736. The summed E-state index contributed by atoms with van der Waals surface area (Å²) in [4.78, 5) is 42.4. The van der Waals surface area contributed by atoms with Gasteiger partial charge in [-0.25, -0.2) is 9.78 Å². The smallest absolute Gasteiger partial charge is 0.337 e. The number of hydrogen-bond acceptors (Lipinski definition) is 7. The van der Waals surface area contributed by atoms with Gasteiger partial charge in [-0.1, -0.05) is 48.6 Å². The van der Waals surface area contributed by atoms with Gasteiger partial charge in [0.05, 0.1) is 17.6 Å². The van der Waals surface area contributed by atoms with Gasteiger partial charge >= 0.3 is 5.97 Å².